The smallest absolute Gasteiger partial charge is 0.266 e. The first-order chi connectivity index (χ1) is 10.8. The van der Waals surface area contributed by atoms with Crippen LogP contribution in [0.25, 0.3) is 0 Å². The Bertz CT molecular complexity index is 366. The minimum atomic E-state index is -3.92. The monoisotopic (exact) mass is 374 g/mol. The van der Waals surface area contributed by atoms with Gasteiger partial charge in [-0.25, -0.2) is 0 Å². The topological polar surface area (TPSA) is 77.8 Å². The van der Waals surface area contributed by atoms with Crippen molar-refractivity contribution < 1.29 is 18.1 Å². The number of likely N-dealkylation sites (N-methyl/N-ethyl adjacent to an activating group) is 1. The Balaban J connectivity index is 0. The van der Waals surface area contributed by atoms with Gasteiger partial charge in [0.15, 0.2) is 0 Å². The number of hydrogen-bond donors (Lipinski definition) is 2. The molecule has 0 aliphatic heterocycles. The summed E-state index contributed by atoms with van der Waals surface area (Å²) in [5.41, 5.74) is 0. The largest absolute Gasteiger partial charge is 0.392 e. The van der Waals surface area contributed by atoms with E-state index in [-0.39, 0.29) is 41.9 Å². The van der Waals surface area contributed by atoms with Crippen LogP contribution in [0.3, 0.4) is 0 Å². The number of nitrogens with zero attached hydrogens (tertiary/aromatic N) is 1. The van der Waals surface area contributed by atoms with Crippen LogP contribution in [0.5, 0.6) is 0 Å². The van der Waals surface area contributed by atoms with Crippen molar-refractivity contribution in [3.8, 4) is 0 Å². The van der Waals surface area contributed by atoms with Crippen molar-refractivity contribution in [3.63, 3.8) is 0 Å². The molecule has 1 radical (unpaired) electrons. The number of hydrogen-bond acceptors (Lipinski definition) is 4. The molecule has 0 fully saturated rings. The summed E-state index contributed by atoms with van der Waals surface area (Å²) in [4.78, 5) is 1.74. The third kappa shape index (κ3) is 20.9. The van der Waals surface area contributed by atoms with Gasteiger partial charge in [-0.2, -0.15) is 8.42 Å². The number of aliphatic hydroxyl groups is 1. The Hall–Kier alpha value is 0.830. The summed E-state index contributed by atoms with van der Waals surface area (Å²) in [6, 6.07) is 0. The van der Waals surface area contributed by atoms with Crippen molar-refractivity contribution in [1.82, 2.24) is 4.90 Å². The molecule has 0 heterocycles. The maximum atomic E-state index is 10.7. The molecule has 0 aromatic heterocycles. The van der Waals surface area contributed by atoms with Gasteiger partial charge in [0.1, 0.15) is 0 Å². The summed E-state index contributed by atoms with van der Waals surface area (Å²) >= 11 is 0. The third-order valence-electron chi connectivity index (χ3n) is 4.14. The Morgan fingerprint density at radius 2 is 1.38 bits per heavy atom. The summed E-state index contributed by atoms with van der Waals surface area (Å²) in [6.45, 7) is 2.93. The third-order valence-corrected chi connectivity index (χ3v) is 4.84. The Morgan fingerprint density at radius 1 is 0.917 bits per heavy atom. The summed E-state index contributed by atoms with van der Waals surface area (Å²) in [5.74, 6) is -0.283. The van der Waals surface area contributed by atoms with E-state index < -0.39 is 16.2 Å². The van der Waals surface area contributed by atoms with Gasteiger partial charge < -0.3 is 10.0 Å². The van der Waals surface area contributed by atoms with Crippen LogP contribution in [0.2, 0.25) is 0 Å². The molecule has 2 N–H and O–H groups in total. The molecule has 0 aliphatic rings. The molecule has 0 rings (SSSR count). The Kier molecular flexibility index (Phi) is 19.4. The van der Waals surface area contributed by atoms with Crippen LogP contribution in [0.4, 0.5) is 0 Å². The van der Waals surface area contributed by atoms with Crippen molar-refractivity contribution in [2.75, 3.05) is 25.9 Å². The fourth-order valence-corrected chi connectivity index (χ4v) is 3.22. The van der Waals surface area contributed by atoms with Crippen molar-refractivity contribution in [3.05, 3.63) is 0 Å². The van der Waals surface area contributed by atoms with Crippen LogP contribution in [-0.4, -0.2) is 84.5 Å². The van der Waals surface area contributed by atoms with Crippen molar-refractivity contribution in [2.24, 2.45) is 0 Å². The summed E-state index contributed by atoms with van der Waals surface area (Å²) in [5, 5.41) is 9.92. The van der Waals surface area contributed by atoms with Gasteiger partial charge in [0, 0.05) is 42.6 Å². The quantitative estimate of drug-likeness (QED) is 0.247. The molecular weight excluding hydrogens is 337 g/mol. The average molecular weight is 375 g/mol. The van der Waals surface area contributed by atoms with Gasteiger partial charge in [-0.1, -0.05) is 71.1 Å². The number of aliphatic hydroxyl groups excluding tert-OH is 1. The van der Waals surface area contributed by atoms with Gasteiger partial charge in [-0.15, -0.1) is 0 Å². The molecule has 0 aromatic carbocycles. The first-order valence-corrected chi connectivity index (χ1v) is 10.8. The van der Waals surface area contributed by atoms with Crippen molar-refractivity contribution in [1.29, 1.82) is 0 Å². The van der Waals surface area contributed by atoms with E-state index in [4.69, 9.17) is 4.55 Å². The minimum Gasteiger partial charge on any atom is -0.392 e. The van der Waals surface area contributed by atoms with E-state index in [0.29, 0.717) is 6.54 Å². The summed E-state index contributed by atoms with van der Waals surface area (Å²) in [6.07, 6.45) is 13.1. The van der Waals surface area contributed by atoms with E-state index in [9.17, 15) is 13.5 Å². The van der Waals surface area contributed by atoms with Gasteiger partial charge >= 0.3 is 0 Å². The van der Waals surface area contributed by atoms with Crippen LogP contribution < -0.4 is 0 Å². The van der Waals surface area contributed by atoms with Crippen LogP contribution in [0, 0.1) is 0 Å². The first kappa shape index (κ1) is 27.1. The molecule has 24 heavy (non-hydrogen) atoms. The van der Waals surface area contributed by atoms with Crippen LogP contribution in [0.15, 0.2) is 0 Å². The van der Waals surface area contributed by atoms with Gasteiger partial charge in [-0.05, 0) is 13.5 Å². The van der Waals surface area contributed by atoms with E-state index in [1.807, 2.05) is 0 Å². The van der Waals surface area contributed by atoms with Gasteiger partial charge in [0.25, 0.3) is 10.1 Å². The molecule has 141 valence electrons. The van der Waals surface area contributed by atoms with Crippen LogP contribution in [-0.2, 0) is 10.1 Å². The fourth-order valence-electron chi connectivity index (χ4n) is 2.68. The van der Waals surface area contributed by atoms with E-state index in [1.165, 1.54) is 51.4 Å². The zero-order chi connectivity index (χ0) is 17.6. The van der Waals surface area contributed by atoms with E-state index in [1.54, 1.807) is 11.9 Å². The summed E-state index contributed by atoms with van der Waals surface area (Å²) in [7, 11) is -2.16. The molecule has 0 aromatic rings. The maximum Gasteiger partial charge on any atom is 0.266 e. The number of rotatable bonds is 16. The van der Waals surface area contributed by atoms with Gasteiger partial charge in [-0.3, -0.25) is 4.55 Å². The van der Waals surface area contributed by atoms with Crippen molar-refractivity contribution in [2.45, 2.75) is 83.7 Å². The average Bonchev–Trinajstić information content (AvgIpc) is 2.46. The normalized spacial score (nSPS) is 13.0. The van der Waals surface area contributed by atoms with Gasteiger partial charge in [0.2, 0.25) is 0 Å². The SMILES string of the molecule is CCCCCCCCCCCCC(O)CN(C)CCS(=O)(=O)O.[Na]. The molecule has 0 spiro atoms. The fraction of sp³-hybridized carbons (Fsp3) is 1.00. The molecule has 0 aliphatic carbocycles. The molecule has 0 amide bonds. The maximum absolute atomic E-state index is 10.7. The predicted molar refractivity (Wildman–Crippen MR) is 102 cm³/mol. The first-order valence-electron chi connectivity index (χ1n) is 9.17. The second-order valence-electron chi connectivity index (χ2n) is 6.67. The molecule has 0 bridgehead atoms. The second-order valence-corrected chi connectivity index (χ2v) is 8.24. The molecule has 1 atom stereocenters. The number of unbranched alkanes of at least 4 members (excludes halogenated alkanes) is 9. The molecule has 7 heteroatoms. The Labute approximate surface area is 171 Å². The van der Waals surface area contributed by atoms with E-state index in [2.05, 4.69) is 6.92 Å². The van der Waals surface area contributed by atoms with Crippen LogP contribution in [0.1, 0.15) is 77.6 Å². The second kappa shape index (κ2) is 17.3. The molecule has 0 saturated heterocycles. The predicted octanol–water partition coefficient (Wildman–Crippen LogP) is 3.10. The summed E-state index contributed by atoms with van der Waals surface area (Å²) < 4.78 is 30.0. The zero-order valence-electron chi connectivity index (χ0n) is 16.0. The molecule has 0 saturated carbocycles. The molecule has 5 nitrogen and oxygen atoms in total. The van der Waals surface area contributed by atoms with Gasteiger partial charge in [0.05, 0.1) is 11.9 Å². The standard InChI is InChI=1S/C17H37NO4S.Na/c1-3-4-5-6-7-8-9-10-11-12-13-17(19)16-18(2)14-15-23(20,21)22;/h17,19H,3-16H2,1-2H3,(H,20,21,22);. The Morgan fingerprint density at radius 3 is 1.83 bits per heavy atom. The van der Waals surface area contributed by atoms with Crippen LogP contribution >= 0.6 is 0 Å². The van der Waals surface area contributed by atoms with Crippen molar-refractivity contribution >= 4 is 39.7 Å². The minimum absolute atomic E-state index is 0. The molecular formula is C17H37NNaO4S. The molecule has 1 unspecified atom stereocenters. The van der Waals surface area contributed by atoms with E-state index in [0.717, 1.165) is 19.3 Å². The zero-order valence-corrected chi connectivity index (χ0v) is 18.9. The van der Waals surface area contributed by atoms with E-state index >= 15 is 0 Å².